The Morgan fingerprint density at radius 3 is 2.52 bits per heavy atom. The van der Waals surface area contributed by atoms with Crippen LogP contribution in [0.3, 0.4) is 0 Å². The Kier molecular flexibility index (Phi) is 3.84. The largest absolute Gasteiger partial charge is 0.327 e. The molecule has 2 saturated carbocycles. The molecule has 2 fully saturated rings. The van der Waals surface area contributed by atoms with Crippen LogP contribution in [0.1, 0.15) is 78.1 Å². The number of fused-ring (bicyclic) bond motifs is 1. The summed E-state index contributed by atoms with van der Waals surface area (Å²) in [6.45, 7) is 3.33. The van der Waals surface area contributed by atoms with Gasteiger partial charge in [0.15, 0.2) is 16.7 Å². The number of hydrogen-bond acceptors (Lipinski definition) is 6. The van der Waals surface area contributed by atoms with E-state index in [1.807, 2.05) is 24.0 Å². The fourth-order valence-electron chi connectivity index (χ4n) is 4.13. The van der Waals surface area contributed by atoms with Gasteiger partial charge in [0.05, 0.1) is 6.04 Å². The first-order chi connectivity index (χ1) is 14.2. The van der Waals surface area contributed by atoms with Crippen molar-refractivity contribution in [3.8, 4) is 10.8 Å². The maximum atomic E-state index is 13.1. The molecule has 0 saturated heterocycles. The number of hydrogen-bond donors (Lipinski definition) is 0. The molecule has 7 nitrogen and oxygen atoms in total. The third kappa shape index (κ3) is 2.97. The summed E-state index contributed by atoms with van der Waals surface area (Å²) < 4.78 is 6.59. The molecule has 6 rings (SSSR count). The number of nitrogens with zero attached hydrogens (tertiary/aromatic N) is 6. The molecule has 0 unspecified atom stereocenters. The Labute approximate surface area is 173 Å². The summed E-state index contributed by atoms with van der Waals surface area (Å²) in [6.07, 6.45) is 4.91. The van der Waals surface area contributed by atoms with E-state index in [2.05, 4.69) is 36.3 Å². The van der Waals surface area contributed by atoms with Gasteiger partial charge in [-0.05, 0) is 67.8 Å². The molecular weight excluding hydrogens is 384 g/mol. The van der Waals surface area contributed by atoms with E-state index in [9.17, 15) is 4.79 Å². The van der Waals surface area contributed by atoms with Crippen LogP contribution in [0.5, 0.6) is 0 Å². The highest BCUT2D eigenvalue weighted by molar-refractivity contribution is 7.09. The molecular formula is C21H22N6OS. The summed E-state index contributed by atoms with van der Waals surface area (Å²) in [7, 11) is 0. The Balaban J connectivity index is 1.25. The van der Waals surface area contributed by atoms with Crippen LogP contribution in [0.4, 0.5) is 0 Å². The van der Waals surface area contributed by atoms with Crippen molar-refractivity contribution < 1.29 is 4.79 Å². The van der Waals surface area contributed by atoms with E-state index in [0.29, 0.717) is 24.9 Å². The van der Waals surface area contributed by atoms with E-state index in [1.165, 1.54) is 42.8 Å². The maximum absolute atomic E-state index is 13.1. The highest BCUT2D eigenvalue weighted by Gasteiger charge is 2.34. The fraction of sp³-hybridized carbons (Fsp3) is 0.476. The lowest BCUT2D eigenvalue weighted by atomic mass is 10.1. The molecule has 148 valence electrons. The Bertz CT molecular complexity index is 1080. The molecule has 8 heteroatoms. The Morgan fingerprint density at radius 1 is 1.03 bits per heavy atom. The average Bonchev–Trinajstić information content (AvgIpc) is 3.68. The standard InChI is InChI=1S/C21H22N6OS/c1-12-18-23-24-19(20-22-17(25-29-20)15-6-7-15)27(18)11-10-26(12)21(28)16-8-4-14(5-9-16)13-2-3-13/h4-5,8-9,12-13,15H,2-3,6-7,10-11H2,1H3/t12-/m1/s1. The summed E-state index contributed by atoms with van der Waals surface area (Å²) in [5, 5.41) is 9.64. The lowest BCUT2D eigenvalue weighted by Gasteiger charge is -2.33. The van der Waals surface area contributed by atoms with Crippen LogP contribution in [0.25, 0.3) is 10.8 Å². The second-order valence-corrected chi connectivity index (χ2v) is 9.09. The average molecular weight is 407 g/mol. The molecule has 2 aromatic heterocycles. The molecule has 3 aromatic rings. The lowest BCUT2D eigenvalue weighted by molar-refractivity contribution is 0.0638. The summed E-state index contributed by atoms with van der Waals surface area (Å²) in [6, 6.07) is 8.01. The lowest BCUT2D eigenvalue weighted by Crippen LogP contribution is -2.41. The summed E-state index contributed by atoms with van der Waals surface area (Å²) >= 11 is 1.40. The van der Waals surface area contributed by atoms with Crippen LogP contribution in [-0.4, -0.2) is 41.5 Å². The van der Waals surface area contributed by atoms with Gasteiger partial charge in [-0.15, -0.1) is 10.2 Å². The quantitative estimate of drug-likeness (QED) is 0.659. The smallest absolute Gasteiger partial charge is 0.254 e. The van der Waals surface area contributed by atoms with Crippen molar-refractivity contribution in [2.24, 2.45) is 0 Å². The van der Waals surface area contributed by atoms with E-state index in [0.717, 1.165) is 28.0 Å². The second kappa shape index (κ2) is 6.45. The van der Waals surface area contributed by atoms with Crippen LogP contribution >= 0.6 is 11.5 Å². The first kappa shape index (κ1) is 17.3. The fourth-order valence-corrected chi connectivity index (χ4v) is 4.87. The van der Waals surface area contributed by atoms with Crippen molar-refractivity contribution in [2.45, 2.75) is 57.0 Å². The highest BCUT2D eigenvalue weighted by atomic mass is 32.1. The molecule has 0 spiro atoms. The topological polar surface area (TPSA) is 76.8 Å². The van der Waals surface area contributed by atoms with Gasteiger partial charge in [0.25, 0.3) is 5.91 Å². The zero-order valence-corrected chi connectivity index (χ0v) is 17.1. The summed E-state index contributed by atoms with van der Waals surface area (Å²) in [5.74, 6) is 3.82. The molecule has 1 aliphatic heterocycles. The summed E-state index contributed by atoms with van der Waals surface area (Å²) in [5.41, 5.74) is 2.09. The molecule has 1 atom stereocenters. The Morgan fingerprint density at radius 2 is 1.79 bits per heavy atom. The van der Waals surface area contributed by atoms with Crippen molar-refractivity contribution in [3.05, 3.63) is 47.0 Å². The molecule has 3 heterocycles. The van der Waals surface area contributed by atoms with Gasteiger partial charge in [-0.2, -0.15) is 4.37 Å². The normalized spacial score (nSPS) is 21.3. The third-order valence-electron chi connectivity index (χ3n) is 6.23. The molecule has 3 aliphatic rings. The zero-order valence-electron chi connectivity index (χ0n) is 16.3. The van der Waals surface area contributed by atoms with Gasteiger partial charge < -0.3 is 9.47 Å². The molecule has 0 N–H and O–H groups in total. The molecule has 0 radical (unpaired) electrons. The van der Waals surface area contributed by atoms with Crippen molar-refractivity contribution in [1.29, 1.82) is 0 Å². The second-order valence-electron chi connectivity index (χ2n) is 8.34. The zero-order chi connectivity index (χ0) is 19.5. The van der Waals surface area contributed by atoms with Gasteiger partial charge in [-0.25, -0.2) is 4.98 Å². The minimum absolute atomic E-state index is 0.0579. The number of benzene rings is 1. The van der Waals surface area contributed by atoms with E-state index < -0.39 is 0 Å². The van der Waals surface area contributed by atoms with E-state index in [-0.39, 0.29) is 11.9 Å². The molecule has 0 bridgehead atoms. The minimum Gasteiger partial charge on any atom is -0.327 e. The van der Waals surface area contributed by atoms with Crippen LogP contribution < -0.4 is 0 Å². The molecule has 2 aliphatic carbocycles. The van der Waals surface area contributed by atoms with Gasteiger partial charge in [0.1, 0.15) is 5.82 Å². The predicted molar refractivity (Wildman–Crippen MR) is 109 cm³/mol. The van der Waals surface area contributed by atoms with Crippen LogP contribution in [0, 0.1) is 0 Å². The van der Waals surface area contributed by atoms with Crippen molar-refractivity contribution in [2.75, 3.05) is 6.54 Å². The van der Waals surface area contributed by atoms with Crippen LogP contribution in [0.2, 0.25) is 0 Å². The molecule has 1 aromatic carbocycles. The van der Waals surface area contributed by atoms with Gasteiger partial charge in [0, 0.05) is 24.6 Å². The van der Waals surface area contributed by atoms with Crippen molar-refractivity contribution >= 4 is 17.4 Å². The maximum Gasteiger partial charge on any atom is 0.254 e. The first-order valence-electron chi connectivity index (χ1n) is 10.4. The van der Waals surface area contributed by atoms with E-state index in [1.54, 1.807) is 0 Å². The van der Waals surface area contributed by atoms with E-state index in [4.69, 9.17) is 0 Å². The Hall–Kier alpha value is -2.61. The van der Waals surface area contributed by atoms with Crippen LogP contribution in [0.15, 0.2) is 24.3 Å². The third-order valence-corrected chi connectivity index (χ3v) is 6.95. The molecule has 29 heavy (non-hydrogen) atoms. The van der Waals surface area contributed by atoms with E-state index >= 15 is 0 Å². The number of aromatic nitrogens is 5. The van der Waals surface area contributed by atoms with Gasteiger partial charge in [-0.3, -0.25) is 4.79 Å². The number of amides is 1. The number of rotatable bonds is 4. The van der Waals surface area contributed by atoms with Crippen LogP contribution in [-0.2, 0) is 6.54 Å². The monoisotopic (exact) mass is 406 g/mol. The SMILES string of the molecule is C[C@@H]1c2nnc(-c3nc(C4CC4)ns3)n2CCN1C(=O)c1ccc(C2CC2)cc1. The van der Waals surface area contributed by atoms with Crippen molar-refractivity contribution in [1.82, 2.24) is 29.0 Å². The highest BCUT2D eigenvalue weighted by Crippen LogP contribution is 2.41. The predicted octanol–water partition coefficient (Wildman–Crippen LogP) is 3.77. The minimum atomic E-state index is -0.128. The first-order valence-corrected chi connectivity index (χ1v) is 11.1. The van der Waals surface area contributed by atoms with Gasteiger partial charge in [0.2, 0.25) is 0 Å². The van der Waals surface area contributed by atoms with Gasteiger partial charge in [-0.1, -0.05) is 12.1 Å². The summed E-state index contributed by atoms with van der Waals surface area (Å²) in [4.78, 5) is 19.7. The molecule has 1 amide bonds. The van der Waals surface area contributed by atoms with Gasteiger partial charge >= 0.3 is 0 Å². The number of carbonyl (C=O) groups is 1. The van der Waals surface area contributed by atoms with Crippen molar-refractivity contribution in [3.63, 3.8) is 0 Å². The number of carbonyl (C=O) groups excluding carboxylic acids is 1.